The number of phenols is 1. The van der Waals surface area contributed by atoms with E-state index in [1.165, 1.54) is 0 Å². The van der Waals surface area contributed by atoms with E-state index in [9.17, 15) is 5.11 Å². The van der Waals surface area contributed by atoms with Crippen molar-refractivity contribution in [2.24, 2.45) is 0 Å². The normalized spacial score (nSPS) is 18.8. The van der Waals surface area contributed by atoms with Gasteiger partial charge in [-0.05, 0) is 28.4 Å². The fourth-order valence-corrected chi connectivity index (χ4v) is 2.98. The van der Waals surface area contributed by atoms with Crippen molar-refractivity contribution < 1.29 is 5.11 Å². The number of hydrogen-bond donors (Lipinski definition) is 2. The Labute approximate surface area is 117 Å². The van der Waals surface area contributed by atoms with Gasteiger partial charge in [0.25, 0.3) is 0 Å². The SMILES string of the molecule is CCC[C@@H](c1cccc(Br)c1O)N1CCNCC1. The summed E-state index contributed by atoms with van der Waals surface area (Å²) >= 11 is 3.41. The molecule has 100 valence electrons. The van der Waals surface area contributed by atoms with Gasteiger partial charge in [0, 0.05) is 37.8 Å². The Morgan fingerprint density at radius 2 is 2.11 bits per heavy atom. The lowest BCUT2D eigenvalue weighted by Gasteiger charge is -2.35. The number of benzene rings is 1. The van der Waals surface area contributed by atoms with Gasteiger partial charge in [-0.2, -0.15) is 0 Å². The maximum absolute atomic E-state index is 10.2. The summed E-state index contributed by atoms with van der Waals surface area (Å²) in [5, 5.41) is 13.6. The van der Waals surface area contributed by atoms with E-state index in [-0.39, 0.29) is 0 Å². The quantitative estimate of drug-likeness (QED) is 0.897. The number of nitrogens with zero attached hydrogens (tertiary/aromatic N) is 1. The molecule has 2 N–H and O–H groups in total. The molecule has 0 aliphatic carbocycles. The summed E-state index contributed by atoms with van der Waals surface area (Å²) in [6.07, 6.45) is 2.21. The van der Waals surface area contributed by atoms with Crippen LogP contribution >= 0.6 is 15.9 Å². The summed E-state index contributed by atoms with van der Waals surface area (Å²) in [5.41, 5.74) is 1.05. The van der Waals surface area contributed by atoms with Crippen molar-refractivity contribution in [2.75, 3.05) is 26.2 Å². The van der Waals surface area contributed by atoms with Crippen molar-refractivity contribution in [3.05, 3.63) is 28.2 Å². The molecule has 3 nitrogen and oxygen atoms in total. The van der Waals surface area contributed by atoms with Crippen LogP contribution in [0.4, 0.5) is 0 Å². The van der Waals surface area contributed by atoms with Gasteiger partial charge in [-0.15, -0.1) is 0 Å². The molecule has 1 aliphatic heterocycles. The van der Waals surface area contributed by atoms with Crippen molar-refractivity contribution >= 4 is 15.9 Å². The smallest absolute Gasteiger partial charge is 0.134 e. The number of phenolic OH excluding ortho intramolecular Hbond substituents is 1. The first-order valence-electron chi connectivity index (χ1n) is 6.66. The number of halogens is 1. The Morgan fingerprint density at radius 3 is 2.78 bits per heavy atom. The Kier molecular flexibility index (Phi) is 5.03. The van der Waals surface area contributed by atoms with Gasteiger partial charge in [-0.25, -0.2) is 0 Å². The third-order valence-electron chi connectivity index (χ3n) is 3.53. The molecule has 0 aromatic heterocycles. The fraction of sp³-hybridized carbons (Fsp3) is 0.571. The highest BCUT2D eigenvalue weighted by Crippen LogP contribution is 2.36. The first-order valence-corrected chi connectivity index (χ1v) is 7.45. The average molecular weight is 313 g/mol. The van der Waals surface area contributed by atoms with E-state index in [1.54, 1.807) is 0 Å². The zero-order chi connectivity index (χ0) is 13.0. The summed E-state index contributed by atoms with van der Waals surface area (Å²) in [6, 6.07) is 6.26. The van der Waals surface area contributed by atoms with E-state index in [4.69, 9.17) is 0 Å². The monoisotopic (exact) mass is 312 g/mol. The summed E-state index contributed by atoms with van der Waals surface area (Å²) in [5.74, 6) is 0.398. The first kappa shape index (κ1) is 13.8. The van der Waals surface area contributed by atoms with Gasteiger partial charge in [-0.3, -0.25) is 4.90 Å². The molecule has 1 atom stereocenters. The topological polar surface area (TPSA) is 35.5 Å². The Morgan fingerprint density at radius 1 is 1.39 bits per heavy atom. The molecular weight excluding hydrogens is 292 g/mol. The minimum atomic E-state index is 0.328. The van der Waals surface area contributed by atoms with Crippen LogP contribution < -0.4 is 5.32 Å². The number of para-hydroxylation sites is 1. The molecule has 4 heteroatoms. The van der Waals surface area contributed by atoms with E-state index in [0.29, 0.717) is 11.8 Å². The van der Waals surface area contributed by atoms with Crippen LogP contribution in [0.15, 0.2) is 22.7 Å². The molecular formula is C14H21BrN2O. The van der Waals surface area contributed by atoms with E-state index in [0.717, 1.165) is 49.1 Å². The van der Waals surface area contributed by atoms with Gasteiger partial charge in [0.15, 0.2) is 0 Å². The van der Waals surface area contributed by atoms with Crippen LogP contribution in [-0.4, -0.2) is 36.2 Å². The lowest BCUT2D eigenvalue weighted by Crippen LogP contribution is -2.45. The molecule has 0 amide bonds. The first-order chi connectivity index (χ1) is 8.74. The van der Waals surface area contributed by atoms with Gasteiger partial charge in [-0.1, -0.05) is 25.5 Å². The number of nitrogens with one attached hydrogen (secondary N) is 1. The van der Waals surface area contributed by atoms with Crippen molar-refractivity contribution in [1.29, 1.82) is 0 Å². The van der Waals surface area contributed by atoms with Crippen LogP contribution in [0, 0.1) is 0 Å². The van der Waals surface area contributed by atoms with Crippen molar-refractivity contribution in [3.63, 3.8) is 0 Å². The van der Waals surface area contributed by atoms with Gasteiger partial charge >= 0.3 is 0 Å². The predicted octanol–water partition coefficient (Wildman–Crippen LogP) is 2.90. The molecule has 1 saturated heterocycles. The van der Waals surface area contributed by atoms with Crippen molar-refractivity contribution in [1.82, 2.24) is 10.2 Å². The third kappa shape index (κ3) is 3.05. The molecule has 0 unspecified atom stereocenters. The lowest BCUT2D eigenvalue weighted by atomic mass is 9.99. The second kappa shape index (κ2) is 6.55. The summed E-state index contributed by atoms with van der Waals surface area (Å²) in [4.78, 5) is 2.47. The van der Waals surface area contributed by atoms with Gasteiger partial charge in [0.2, 0.25) is 0 Å². The molecule has 18 heavy (non-hydrogen) atoms. The van der Waals surface area contributed by atoms with Crippen LogP contribution in [-0.2, 0) is 0 Å². The van der Waals surface area contributed by atoms with Crippen LogP contribution in [0.25, 0.3) is 0 Å². The highest BCUT2D eigenvalue weighted by Gasteiger charge is 2.24. The van der Waals surface area contributed by atoms with Crippen molar-refractivity contribution in [3.8, 4) is 5.75 Å². The number of piperazine rings is 1. The van der Waals surface area contributed by atoms with Gasteiger partial charge < -0.3 is 10.4 Å². The molecule has 0 radical (unpaired) electrons. The minimum absolute atomic E-state index is 0.328. The fourth-order valence-electron chi connectivity index (χ4n) is 2.60. The maximum Gasteiger partial charge on any atom is 0.134 e. The minimum Gasteiger partial charge on any atom is -0.506 e. The molecule has 0 spiro atoms. The zero-order valence-electron chi connectivity index (χ0n) is 10.8. The van der Waals surface area contributed by atoms with E-state index < -0.39 is 0 Å². The Hall–Kier alpha value is -0.580. The number of hydrogen-bond acceptors (Lipinski definition) is 3. The van der Waals surface area contributed by atoms with E-state index in [1.807, 2.05) is 18.2 Å². The van der Waals surface area contributed by atoms with Gasteiger partial charge in [0.05, 0.1) is 4.47 Å². The Bertz CT molecular complexity index is 391. The van der Waals surface area contributed by atoms with E-state index >= 15 is 0 Å². The molecule has 1 aliphatic rings. The second-order valence-electron chi connectivity index (χ2n) is 4.77. The standard InChI is InChI=1S/C14H21BrN2O/c1-2-4-13(17-9-7-16-8-10-17)11-5-3-6-12(15)14(11)18/h3,5-6,13,16,18H,2,4,7-10H2,1H3/t13-/m0/s1. The van der Waals surface area contributed by atoms with Crippen molar-refractivity contribution in [2.45, 2.75) is 25.8 Å². The molecule has 0 bridgehead atoms. The average Bonchev–Trinajstić information content (AvgIpc) is 2.41. The molecule has 1 aromatic carbocycles. The van der Waals surface area contributed by atoms with Gasteiger partial charge in [0.1, 0.15) is 5.75 Å². The van der Waals surface area contributed by atoms with Crippen LogP contribution in [0.1, 0.15) is 31.4 Å². The molecule has 1 aromatic rings. The molecule has 2 rings (SSSR count). The molecule has 1 heterocycles. The van der Waals surface area contributed by atoms with Crippen LogP contribution in [0.3, 0.4) is 0 Å². The molecule has 1 fully saturated rings. The maximum atomic E-state index is 10.2. The Balaban J connectivity index is 2.25. The molecule has 0 saturated carbocycles. The third-order valence-corrected chi connectivity index (χ3v) is 4.17. The zero-order valence-corrected chi connectivity index (χ0v) is 12.4. The van der Waals surface area contributed by atoms with Crippen LogP contribution in [0.2, 0.25) is 0 Å². The highest BCUT2D eigenvalue weighted by atomic mass is 79.9. The summed E-state index contributed by atoms with van der Waals surface area (Å²) in [6.45, 7) is 6.38. The predicted molar refractivity (Wildman–Crippen MR) is 77.9 cm³/mol. The van der Waals surface area contributed by atoms with Crippen LogP contribution in [0.5, 0.6) is 5.75 Å². The summed E-state index contributed by atoms with van der Waals surface area (Å²) < 4.78 is 0.788. The number of rotatable bonds is 4. The lowest BCUT2D eigenvalue weighted by molar-refractivity contribution is 0.162. The largest absolute Gasteiger partial charge is 0.506 e. The van der Waals surface area contributed by atoms with E-state index in [2.05, 4.69) is 33.1 Å². The number of aromatic hydroxyl groups is 1. The highest BCUT2D eigenvalue weighted by molar-refractivity contribution is 9.10. The second-order valence-corrected chi connectivity index (χ2v) is 5.62. The summed E-state index contributed by atoms with van der Waals surface area (Å²) in [7, 11) is 0.